The van der Waals surface area contributed by atoms with Crippen LogP contribution in [-0.2, 0) is 11.3 Å². The third-order valence-corrected chi connectivity index (χ3v) is 7.55. The van der Waals surface area contributed by atoms with Crippen LogP contribution in [0.15, 0.2) is 72.8 Å². The van der Waals surface area contributed by atoms with Gasteiger partial charge in [0.05, 0.1) is 49.8 Å². The fourth-order valence-electron chi connectivity index (χ4n) is 5.57. The average molecular weight is 661 g/mol. The molecule has 0 aliphatic heterocycles. The molecule has 242 valence electrons. The maximum absolute atomic E-state index is 14.4. The Bertz CT molecular complexity index is 1620. The zero-order valence-corrected chi connectivity index (χ0v) is 25.8. The summed E-state index contributed by atoms with van der Waals surface area (Å²) in [4.78, 5) is 25.4. The topological polar surface area (TPSA) is 130 Å². The number of methoxy groups -OCH3 is 2. The van der Waals surface area contributed by atoms with Gasteiger partial charge >= 0.3 is 43.7 Å². The summed E-state index contributed by atoms with van der Waals surface area (Å²) in [6, 6.07) is 20.5. The van der Waals surface area contributed by atoms with E-state index in [9.17, 15) is 24.2 Å². The van der Waals surface area contributed by atoms with Crippen LogP contribution >= 0.6 is 0 Å². The van der Waals surface area contributed by atoms with Crippen LogP contribution in [0.2, 0.25) is 0 Å². The Morgan fingerprint density at radius 2 is 1.59 bits per heavy atom. The molecule has 9 nitrogen and oxygen atoms in total. The summed E-state index contributed by atoms with van der Waals surface area (Å²) >= 11 is 0. The molecule has 1 amide bonds. The van der Waals surface area contributed by atoms with Gasteiger partial charge in [-0.3, -0.25) is 9.59 Å². The molecule has 0 fully saturated rings. The number of carboxylic acid groups (broad SMARTS) is 1. The molecule has 3 aromatic carbocycles. The normalized spacial score (nSPS) is 12.3. The molecule has 4 N–H and O–H groups in total. The van der Waals surface area contributed by atoms with E-state index in [1.54, 1.807) is 30.3 Å². The molecule has 0 aliphatic rings. The number of carbonyl (C=O) groups excluding carboxylic acids is 1. The fraction of sp³-hybridized carbons (Fsp3) is 0.314. The van der Waals surface area contributed by atoms with E-state index in [2.05, 4.69) is 5.32 Å². The van der Waals surface area contributed by atoms with Crippen molar-refractivity contribution < 1.29 is 38.8 Å². The second-order valence-corrected chi connectivity index (χ2v) is 11.1. The van der Waals surface area contributed by atoms with Crippen molar-refractivity contribution in [2.75, 3.05) is 19.5 Å². The number of hydrogen-bond acceptors (Lipinski definition) is 6. The van der Waals surface area contributed by atoms with Crippen LogP contribution < -0.4 is 14.8 Å². The van der Waals surface area contributed by atoms with Crippen molar-refractivity contribution in [2.24, 2.45) is 0 Å². The predicted octanol–water partition coefficient (Wildman–Crippen LogP) is 5.41. The van der Waals surface area contributed by atoms with Gasteiger partial charge in [-0.1, -0.05) is 44.2 Å². The standard InChI is InChI=1S/C35H39FN2O7.Ca.2H/c1-21(2)33-32(35(43)37-28-15-14-27(44-3)20-29(28)45-4)31(22-8-6-5-7-9-22)34(23-10-12-24(36)13-11-23)38(33)17-16-25(39)18-26(40)19-30(41)42;;;/h5-15,20-21,25-26,39-40H,16-19H2,1-4H3,(H,37,43)(H,41,42);;;. The SMILES string of the molecule is COc1ccc(NC(=O)c2c(-c3ccccc3)c(-c3ccc(F)cc3)n(CCC(O)CC(O)CC(=O)O)c2C(C)C)c(OC)c1.[CaH2]. The van der Waals surface area contributed by atoms with Gasteiger partial charge in [-0.25, -0.2) is 4.39 Å². The number of rotatable bonds is 14. The van der Waals surface area contributed by atoms with Gasteiger partial charge in [0, 0.05) is 23.9 Å². The van der Waals surface area contributed by atoms with Gasteiger partial charge in [-0.05, 0) is 66.3 Å². The number of aliphatic hydroxyl groups is 2. The molecular weight excluding hydrogens is 619 g/mol. The predicted molar refractivity (Wildman–Crippen MR) is 179 cm³/mol. The summed E-state index contributed by atoms with van der Waals surface area (Å²) in [5.41, 5.74) is 4.27. The average Bonchev–Trinajstić information content (AvgIpc) is 3.36. The number of carbonyl (C=O) groups is 2. The summed E-state index contributed by atoms with van der Waals surface area (Å²) in [5, 5.41) is 33.0. The van der Waals surface area contributed by atoms with E-state index in [0.29, 0.717) is 45.3 Å². The summed E-state index contributed by atoms with van der Waals surface area (Å²) in [5.74, 6) is -1.15. The first-order valence-electron chi connectivity index (χ1n) is 14.7. The number of aliphatic hydroxyl groups excluding tert-OH is 2. The zero-order valence-electron chi connectivity index (χ0n) is 25.8. The molecule has 2 unspecified atom stereocenters. The van der Waals surface area contributed by atoms with Crippen molar-refractivity contribution >= 4 is 55.3 Å². The summed E-state index contributed by atoms with van der Waals surface area (Å²) in [6.07, 6.45) is -2.64. The van der Waals surface area contributed by atoms with Crippen molar-refractivity contribution in [3.8, 4) is 33.9 Å². The van der Waals surface area contributed by atoms with Crippen molar-refractivity contribution in [1.82, 2.24) is 4.57 Å². The monoisotopic (exact) mass is 660 g/mol. The second-order valence-electron chi connectivity index (χ2n) is 11.1. The van der Waals surface area contributed by atoms with Crippen LogP contribution in [-0.4, -0.2) is 95.9 Å². The van der Waals surface area contributed by atoms with Gasteiger partial charge < -0.3 is 34.7 Å². The van der Waals surface area contributed by atoms with Gasteiger partial charge in [0.2, 0.25) is 0 Å². The number of halogens is 1. The molecule has 0 aliphatic carbocycles. The fourth-order valence-corrected chi connectivity index (χ4v) is 5.57. The molecular formula is C35H41CaFN2O7. The number of nitrogens with zero attached hydrogens (tertiary/aromatic N) is 1. The minimum atomic E-state index is -1.20. The molecule has 1 aromatic heterocycles. The third-order valence-electron chi connectivity index (χ3n) is 7.55. The maximum atomic E-state index is 14.4. The zero-order chi connectivity index (χ0) is 32.7. The van der Waals surface area contributed by atoms with Gasteiger partial charge in [0.25, 0.3) is 5.91 Å². The van der Waals surface area contributed by atoms with Gasteiger partial charge in [-0.2, -0.15) is 0 Å². The van der Waals surface area contributed by atoms with Crippen LogP contribution in [0, 0.1) is 5.82 Å². The van der Waals surface area contributed by atoms with Crippen LogP contribution in [0.1, 0.15) is 55.1 Å². The van der Waals surface area contributed by atoms with Gasteiger partial charge in [-0.15, -0.1) is 0 Å². The van der Waals surface area contributed by atoms with Gasteiger partial charge in [0.15, 0.2) is 0 Å². The number of hydrogen-bond donors (Lipinski definition) is 4. The van der Waals surface area contributed by atoms with Crippen LogP contribution in [0.5, 0.6) is 11.5 Å². The third kappa shape index (κ3) is 8.89. The van der Waals surface area contributed by atoms with E-state index < -0.39 is 30.4 Å². The molecule has 0 bridgehead atoms. The van der Waals surface area contributed by atoms with E-state index in [1.165, 1.54) is 26.4 Å². The first-order valence-corrected chi connectivity index (χ1v) is 14.7. The quantitative estimate of drug-likeness (QED) is 0.133. The Hall–Kier alpha value is -3.41. The molecule has 0 spiro atoms. The van der Waals surface area contributed by atoms with Crippen LogP contribution in [0.4, 0.5) is 10.1 Å². The van der Waals surface area contributed by atoms with E-state index in [4.69, 9.17) is 14.6 Å². The first-order chi connectivity index (χ1) is 21.5. The van der Waals surface area contributed by atoms with Crippen molar-refractivity contribution in [3.05, 3.63) is 89.9 Å². The summed E-state index contributed by atoms with van der Waals surface area (Å²) < 4.78 is 26.9. The van der Waals surface area contributed by atoms with Gasteiger partial charge in [0.1, 0.15) is 17.3 Å². The molecule has 4 rings (SSSR count). The summed E-state index contributed by atoms with van der Waals surface area (Å²) in [6.45, 7) is 4.17. The Kier molecular flexibility index (Phi) is 13.6. The van der Waals surface area contributed by atoms with Crippen molar-refractivity contribution in [2.45, 2.75) is 57.8 Å². The number of aromatic nitrogens is 1. The number of ether oxygens (including phenoxy) is 2. The Morgan fingerprint density at radius 3 is 2.17 bits per heavy atom. The van der Waals surface area contributed by atoms with Crippen LogP contribution in [0.3, 0.4) is 0 Å². The molecule has 46 heavy (non-hydrogen) atoms. The van der Waals surface area contributed by atoms with E-state index >= 15 is 0 Å². The van der Waals surface area contributed by atoms with Crippen molar-refractivity contribution in [3.63, 3.8) is 0 Å². The Labute approximate surface area is 298 Å². The molecule has 2 atom stereocenters. The van der Waals surface area contributed by atoms with Crippen molar-refractivity contribution in [1.29, 1.82) is 0 Å². The second kappa shape index (κ2) is 16.9. The van der Waals surface area contributed by atoms with E-state index in [-0.39, 0.29) is 68.9 Å². The van der Waals surface area contributed by atoms with E-state index in [0.717, 1.165) is 5.56 Å². The Morgan fingerprint density at radius 1 is 0.913 bits per heavy atom. The summed E-state index contributed by atoms with van der Waals surface area (Å²) in [7, 11) is 3.04. The molecule has 0 saturated carbocycles. The molecule has 0 radical (unpaired) electrons. The molecule has 11 heteroatoms. The van der Waals surface area contributed by atoms with Crippen LogP contribution in [0.25, 0.3) is 22.4 Å². The number of anilines is 1. The van der Waals surface area contributed by atoms with E-state index in [1.807, 2.05) is 48.7 Å². The minimum absolute atomic E-state index is 0. The first kappa shape index (κ1) is 37.1. The molecule has 0 saturated heterocycles. The Balaban J connectivity index is 0.00000576. The number of carboxylic acids is 1. The molecule has 1 heterocycles. The number of amides is 1. The number of benzene rings is 3. The molecule has 4 aromatic rings. The number of aliphatic carboxylic acids is 1. The number of nitrogens with one attached hydrogen (secondary N) is 1.